The smallest absolute Gasteiger partial charge is 0.0992 e. The van der Waals surface area contributed by atoms with E-state index in [0.29, 0.717) is 5.56 Å². The molecule has 2 aromatic heterocycles. The number of benzene rings is 1. The molecule has 2 nitrogen and oxygen atoms in total. The number of hydrogen-bond acceptors (Lipinski definition) is 4. The summed E-state index contributed by atoms with van der Waals surface area (Å²) in [5, 5.41) is 16.7. The second kappa shape index (κ2) is 6.13. The van der Waals surface area contributed by atoms with Gasteiger partial charge in [0.15, 0.2) is 0 Å². The normalized spacial score (nSPS) is 10.3. The molecule has 1 N–H and O–H groups in total. The van der Waals surface area contributed by atoms with Crippen molar-refractivity contribution in [2.75, 3.05) is 5.32 Å². The lowest BCUT2D eigenvalue weighted by molar-refractivity contribution is 1.18. The van der Waals surface area contributed by atoms with E-state index in [0.717, 1.165) is 17.8 Å². The van der Waals surface area contributed by atoms with Gasteiger partial charge in [0.2, 0.25) is 0 Å². The zero-order chi connectivity index (χ0) is 14.7. The molecule has 3 rings (SSSR count). The van der Waals surface area contributed by atoms with Gasteiger partial charge < -0.3 is 5.32 Å². The lowest BCUT2D eigenvalue weighted by atomic mass is 10.1. The molecule has 0 atom stereocenters. The van der Waals surface area contributed by atoms with Crippen LogP contribution >= 0.6 is 22.7 Å². The Balaban J connectivity index is 1.72. The maximum Gasteiger partial charge on any atom is 0.0992 e. The van der Waals surface area contributed by atoms with Gasteiger partial charge in [0.25, 0.3) is 0 Å². The van der Waals surface area contributed by atoms with Crippen molar-refractivity contribution in [2.24, 2.45) is 0 Å². The minimum Gasteiger partial charge on any atom is -0.380 e. The van der Waals surface area contributed by atoms with Crippen molar-refractivity contribution < 1.29 is 0 Å². The lowest BCUT2D eigenvalue weighted by Crippen LogP contribution is -1.99. The monoisotopic (exact) mass is 310 g/mol. The minimum absolute atomic E-state index is 0.688. The Kier molecular flexibility index (Phi) is 4.05. The molecule has 0 saturated heterocycles. The molecule has 0 radical (unpaired) electrons. The molecule has 2 heterocycles. The molecule has 0 spiro atoms. The maximum atomic E-state index is 8.97. The van der Waals surface area contributed by atoms with Crippen LogP contribution in [0.1, 0.15) is 16.0 Å². The fourth-order valence-corrected chi connectivity index (χ4v) is 3.72. The summed E-state index contributed by atoms with van der Waals surface area (Å²) in [6, 6.07) is 14.4. The molecular weight excluding hydrogens is 296 g/mol. The number of thiophene rings is 2. The quantitative estimate of drug-likeness (QED) is 0.712. The molecule has 104 valence electrons. The Morgan fingerprint density at radius 3 is 2.86 bits per heavy atom. The van der Waals surface area contributed by atoms with Crippen molar-refractivity contribution in [2.45, 2.75) is 13.5 Å². The zero-order valence-electron chi connectivity index (χ0n) is 11.6. The van der Waals surface area contributed by atoms with Gasteiger partial charge >= 0.3 is 0 Å². The third-order valence-corrected chi connectivity index (χ3v) is 5.13. The van der Waals surface area contributed by atoms with Gasteiger partial charge in [-0.1, -0.05) is 12.1 Å². The van der Waals surface area contributed by atoms with Gasteiger partial charge in [-0.3, -0.25) is 0 Å². The number of aryl methyl sites for hydroxylation is 1. The number of nitriles is 1. The van der Waals surface area contributed by atoms with Crippen LogP contribution in [0.3, 0.4) is 0 Å². The highest BCUT2D eigenvalue weighted by Crippen LogP contribution is 2.29. The number of rotatable bonds is 4. The van der Waals surface area contributed by atoms with Gasteiger partial charge in [0, 0.05) is 27.5 Å². The molecular formula is C17H14N2S2. The number of nitrogens with one attached hydrogen (secondary N) is 1. The van der Waals surface area contributed by atoms with E-state index in [4.69, 9.17) is 5.26 Å². The molecule has 0 aliphatic rings. The largest absolute Gasteiger partial charge is 0.380 e. The highest BCUT2D eigenvalue weighted by Gasteiger charge is 2.05. The van der Waals surface area contributed by atoms with Gasteiger partial charge in [-0.2, -0.15) is 5.26 Å². The van der Waals surface area contributed by atoms with Crippen molar-refractivity contribution in [1.82, 2.24) is 0 Å². The second-order valence-electron chi connectivity index (χ2n) is 4.77. The average molecular weight is 310 g/mol. The Morgan fingerprint density at radius 2 is 2.10 bits per heavy atom. The number of nitrogens with zero attached hydrogens (tertiary/aromatic N) is 1. The zero-order valence-corrected chi connectivity index (χ0v) is 13.2. The van der Waals surface area contributed by atoms with Gasteiger partial charge in [-0.05, 0) is 47.5 Å². The van der Waals surface area contributed by atoms with Crippen LogP contribution in [0, 0.1) is 18.3 Å². The first-order chi connectivity index (χ1) is 10.3. The van der Waals surface area contributed by atoms with Crippen LogP contribution < -0.4 is 5.32 Å². The third kappa shape index (κ3) is 3.15. The summed E-state index contributed by atoms with van der Waals surface area (Å²) >= 11 is 3.52. The summed E-state index contributed by atoms with van der Waals surface area (Å²) in [6.45, 7) is 2.83. The molecule has 0 aliphatic carbocycles. The Labute approximate surface area is 132 Å². The van der Waals surface area contributed by atoms with Crippen molar-refractivity contribution in [3.63, 3.8) is 0 Å². The fourth-order valence-electron chi connectivity index (χ4n) is 2.11. The highest BCUT2D eigenvalue weighted by molar-refractivity contribution is 7.14. The molecule has 21 heavy (non-hydrogen) atoms. The van der Waals surface area contributed by atoms with Crippen LogP contribution in [0.25, 0.3) is 10.4 Å². The number of hydrogen-bond donors (Lipinski definition) is 1. The average Bonchev–Trinajstić information content (AvgIpc) is 3.17. The van der Waals surface area contributed by atoms with E-state index < -0.39 is 0 Å². The minimum atomic E-state index is 0.688. The van der Waals surface area contributed by atoms with Gasteiger partial charge in [0.1, 0.15) is 0 Å². The van der Waals surface area contributed by atoms with Crippen LogP contribution in [-0.4, -0.2) is 0 Å². The summed E-state index contributed by atoms with van der Waals surface area (Å²) < 4.78 is 0. The first-order valence-corrected chi connectivity index (χ1v) is 8.38. The fraction of sp³-hybridized carbons (Fsp3) is 0.118. The van der Waals surface area contributed by atoms with Crippen molar-refractivity contribution >= 4 is 28.4 Å². The predicted octanol–water partition coefficient (Wildman–Crippen LogP) is 5.27. The molecule has 3 aromatic rings. The topological polar surface area (TPSA) is 35.8 Å². The molecule has 0 unspecified atom stereocenters. The second-order valence-corrected chi connectivity index (χ2v) is 6.72. The summed E-state index contributed by atoms with van der Waals surface area (Å²) in [4.78, 5) is 2.60. The highest BCUT2D eigenvalue weighted by atomic mass is 32.1. The van der Waals surface area contributed by atoms with E-state index in [2.05, 4.69) is 47.3 Å². The van der Waals surface area contributed by atoms with Crippen LogP contribution in [-0.2, 0) is 6.54 Å². The summed E-state index contributed by atoms with van der Waals surface area (Å²) in [5.41, 5.74) is 4.16. The summed E-state index contributed by atoms with van der Waals surface area (Å²) in [7, 11) is 0. The first kappa shape index (κ1) is 13.9. The van der Waals surface area contributed by atoms with E-state index in [1.807, 2.05) is 18.2 Å². The Hall–Kier alpha value is -2.09. The summed E-state index contributed by atoms with van der Waals surface area (Å²) in [5.74, 6) is 0. The standard InChI is InChI=1S/C17H14N2S2/c1-12-4-5-13(9-18)7-16(12)19-10-15-8-14(11-21-15)17-3-2-6-20-17/h2-8,11,19H,10H2,1H3. The molecule has 0 aliphatic heterocycles. The molecule has 0 amide bonds. The van der Waals surface area contributed by atoms with Gasteiger partial charge in [0.05, 0.1) is 11.6 Å². The van der Waals surface area contributed by atoms with Crippen LogP contribution in [0.4, 0.5) is 5.69 Å². The molecule has 0 saturated carbocycles. The van der Waals surface area contributed by atoms with E-state index in [9.17, 15) is 0 Å². The van der Waals surface area contributed by atoms with E-state index in [1.165, 1.54) is 15.3 Å². The first-order valence-electron chi connectivity index (χ1n) is 6.62. The predicted molar refractivity (Wildman–Crippen MR) is 90.9 cm³/mol. The summed E-state index contributed by atoms with van der Waals surface area (Å²) in [6.07, 6.45) is 0. The molecule has 1 aromatic carbocycles. The maximum absolute atomic E-state index is 8.97. The van der Waals surface area contributed by atoms with Crippen LogP contribution in [0.5, 0.6) is 0 Å². The Bertz CT molecular complexity index is 779. The van der Waals surface area contributed by atoms with Gasteiger partial charge in [-0.25, -0.2) is 0 Å². The van der Waals surface area contributed by atoms with E-state index >= 15 is 0 Å². The molecule has 4 heteroatoms. The van der Waals surface area contributed by atoms with Crippen LogP contribution in [0.15, 0.2) is 47.2 Å². The number of anilines is 1. The van der Waals surface area contributed by atoms with Crippen molar-refractivity contribution in [3.8, 4) is 16.5 Å². The van der Waals surface area contributed by atoms with E-state index in [1.54, 1.807) is 22.7 Å². The van der Waals surface area contributed by atoms with Crippen LogP contribution in [0.2, 0.25) is 0 Å². The third-order valence-electron chi connectivity index (χ3n) is 3.28. The van der Waals surface area contributed by atoms with E-state index in [-0.39, 0.29) is 0 Å². The SMILES string of the molecule is Cc1ccc(C#N)cc1NCc1cc(-c2cccs2)cs1. The molecule has 0 fully saturated rings. The van der Waals surface area contributed by atoms with Crippen molar-refractivity contribution in [1.29, 1.82) is 5.26 Å². The van der Waals surface area contributed by atoms with Gasteiger partial charge in [-0.15, -0.1) is 22.7 Å². The lowest BCUT2D eigenvalue weighted by Gasteiger charge is -2.08. The Morgan fingerprint density at radius 1 is 1.19 bits per heavy atom. The van der Waals surface area contributed by atoms with Crippen molar-refractivity contribution in [3.05, 3.63) is 63.2 Å². The molecule has 0 bridgehead atoms.